The fourth-order valence-corrected chi connectivity index (χ4v) is 2.84. The number of anilines is 1. The van der Waals surface area contributed by atoms with E-state index in [2.05, 4.69) is 5.32 Å². The molecule has 0 atom stereocenters. The highest BCUT2D eigenvalue weighted by molar-refractivity contribution is 6.10. The number of hydrogen-bond donors (Lipinski definition) is 2. The molecule has 6 nitrogen and oxygen atoms in total. The number of nitrogens with zero attached hydrogens (tertiary/aromatic N) is 1. The van der Waals surface area contributed by atoms with Crippen LogP contribution in [0.15, 0.2) is 84.4 Å². The predicted octanol–water partition coefficient (Wildman–Crippen LogP) is 5.59. The smallest absolute Gasteiger partial charge is 0.416 e. The van der Waals surface area contributed by atoms with E-state index in [1.165, 1.54) is 12.1 Å². The van der Waals surface area contributed by atoms with Crippen LogP contribution in [-0.4, -0.2) is 24.2 Å². The molecule has 174 valence electrons. The Morgan fingerprint density at radius 1 is 0.882 bits per heavy atom. The van der Waals surface area contributed by atoms with E-state index in [0.29, 0.717) is 12.4 Å². The molecule has 0 bridgehead atoms. The van der Waals surface area contributed by atoms with Crippen molar-refractivity contribution in [3.63, 3.8) is 0 Å². The lowest BCUT2D eigenvalue weighted by Crippen LogP contribution is -2.15. The van der Waals surface area contributed by atoms with Crippen LogP contribution in [0.2, 0.25) is 0 Å². The average molecular weight is 468 g/mol. The number of halogens is 3. The summed E-state index contributed by atoms with van der Waals surface area (Å²) in [6, 6.07) is 20.6. The number of para-hydroxylation sites is 1. The number of nitriles is 1. The third kappa shape index (κ3) is 6.53. The quantitative estimate of drug-likeness (QED) is 0.195. The van der Waals surface area contributed by atoms with Gasteiger partial charge < -0.3 is 19.9 Å². The van der Waals surface area contributed by atoms with Gasteiger partial charge >= 0.3 is 6.18 Å². The minimum absolute atomic E-state index is 0.0417. The highest BCUT2D eigenvalue weighted by Gasteiger charge is 2.30. The zero-order valence-corrected chi connectivity index (χ0v) is 17.7. The zero-order chi connectivity index (χ0) is 24.6. The molecule has 3 aromatic rings. The van der Waals surface area contributed by atoms with Crippen molar-refractivity contribution in [2.24, 2.45) is 0 Å². The molecule has 2 N–H and O–H groups in total. The summed E-state index contributed by atoms with van der Waals surface area (Å²) >= 11 is 0. The monoisotopic (exact) mass is 468 g/mol. The van der Waals surface area contributed by atoms with Crippen molar-refractivity contribution in [3.8, 4) is 17.6 Å². The topological polar surface area (TPSA) is 91.6 Å². The Morgan fingerprint density at radius 2 is 1.44 bits per heavy atom. The highest BCUT2D eigenvalue weighted by atomic mass is 19.4. The molecule has 0 heterocycles. The van der Waals surface area contributed by atoms with Crippen molar-refractivity contribution in [3.05, 3.63) is 95.6 Å². The third-order valence-electron chi connectivity index (χ3n) is 4.54. The first kappa shape index (κ1) is 24.2. The largest absolute Gasteiger partial charge is 0.506 e. The number of carbonyl (C=O) groups excluding carboxylic acids is 1. The lowest BCUT2D eigenvalue weighted by Gasteiger charge is -2.10. The number of benzene rings is 3. The van der Waals surface area contributed by atoms with E-state index >= 15 is 0 Å². The molecule has 34 heavy (non-hydrogen) atoms. The number of aliphatic hydroxyl groups excluding tert-OH is 1. The van der Waals surface area contributed by atoms with E-state index in [0.717, 1.165) is 30.0 Å². The van der Waals surface area contributed by atoms with E-state index < -0.39 is 29.0 Å². The highest BCUT2D eigenvalue weighted by Crippen LogP contribution is 2.30. The van der Waals surface area contributed by atoms with E-state index in [4.69, 9.17) is 9.47 Å². The first-order valence-electron chi connectivity index (χ1n) is 10.0. The van der Waals surface area contributed by atoms with E-state index in [9.17, 15) is 28.3 Å². The summed E-state index contributed by atoms with van der Waals surface area (Å²) < 4.78 is 49.1. The number of carbonyl (C=O) groups is 1. The lowest BCUT2D eigenvalue weighted by molar-refractivity contribution is -0.137. The molecule has 3 rings (SSSR count). The van der Waals surface area contributed by atoms with Gasteiger partial charge in [-0.3, -0.25) is 4.79 Å². The maximum atomic E-state index is 12.7. The average Bonchev–Trinajstić information content (AvgIpc) is 2.83. The fourth-order valence-electron chi connectivity index (χ4n) is 2.84. The van der Waals surface area contributed by atoms with E-state index in [1.807, 2.05) is 30.3 Å². The van der Waals surface area contributed by atoms with Crippen molar-refractivity contribution in [1.29, 1.82) is 5.26 Å². The molecule has 0 saturated heterocycles. The minimum Gasteiger partial charge on any atom is -0.506 e. The summed E-state index contributed by atoms with van der Waals surface area (Å²) in [5.74, 6) is -0.333. The molecule has 0 aliphatic rings. The van der Waals surface area contributed by atoms with Crippen LogP contribution in [0.25, 0.3) is 5.76 Å². The van der Waals surface area contributed by atoms with Gasteiger partial charge in [-0.05, 0) is 60.7 Å². The number of ether oxygens (including phenoxy) is 2. The number of rotatable bonds is 8. The standard InChI is InChI=1S/C25H19F3N2O4/c26-25(27,28)18-8-10-19(11-9-18)30-24(32)22(16-29)23(31)17-6-12-21(13-7-17)34-15-14-33-20-4-2-1-3-5-20/h1-13,31H,14-15H2,(H,30,32). The zero-order valence-electron chi connectivity index (χ0n) is 17.7. The second-order valence-electron chi connectivity index (χ2n) is 6.90. The normalized spacial score (nSPS) is 11.7. The summed E-state index contributed by atoms with van der Waals surface area (Å²) in [4.78, 5) is 12.4. The molecular weight excluding hydrogens is 449 g/mol. The molecule has 0 saturated carbocycles. The fraction of sp³-hybridized carbons (Fsp3) is 0.120. The van der Waals surface area contributed by atoms with Crippen molar-refractivity contribution in [1.82, 2.24) is 0 Å². The van der Waals surface area contributed by atoms with Gasteiger partial charge in [0.2, 0.25) is 0 Å². The van der Waals surface area contributed by atoms with Crippen molar-refractivity contribution >= 4 is 17.4 Å². The Balaban J connectivity index is 1.60. The summed E-state index contributed by atoms with van der Waals surface area (Å²) in [6.45, 7) is 0.592. The van der Waals surface area contributed by atoms with Crippen molar-refractivity contribution in [2.75, 3.05) is 18.5 Å². The number of nitrogens with one attached hydrogen (secondary N) is 1. The molecule has 0 fully saturated rings. The SMILES string of the molecule is N#CC(C(=O)Nc1ccc(C(F)(F)F)cc1)=C(O)c1ccc(OCCOc2ccccc2)cc1. The Hall–Kier alpha value is -4.45. The maximum absolute atomic E-state index is 12.7. The minimum atomic E-state index is -4.51. The molecule has 3 aromatic carbocycles. The van der Waals surface area contributed by atoms with Crippen LogP contribution in [0.3, 0.4) is 0 Å². The summed E-state index contributed by atoms with van der Waals surface area (Å²) in [7, 11) is 0. The van der Waals surface area contributed by atoms with Crippen LogP contribution in [0.5, 0.6) is 11.5 Å². The number of aliphatic hydroxyl groups is 1. The number of alkyl halides is 3. The number of hydrogen-bond acceptors (Lipinski definition) is 5. The van der Waals surface area contributed by atoms with E-state index in [1.54, 1.807) is 18.2 Å². The van der Waals surface area contributed by atoms with Crippen LogP contribution in [-0.2, 0) is 11.0 Å². The molecule has 0 spiro atoms. The van der Waals surface area contributed by atoms with Crippen LogP contribution >= 0.6 is 0 Å². The predicted molar refractivity (Wildman–Crippen MR) is 119 cm³/mol. The Morgan fingerprint density at radius 3 is 1.97 bits per heavy atom. The summed E-state index contributed by atoms with van der Waals surface area (Å²) in [5.41, 5.74) is -1.24. The van der Waals surface area contributed by atoms with Crippen LogP contribution in [0, 0.1) is 11.3 Å². The van der Waals surface area contributed by atoms with Gasteiger partial charge in [-0.25, -0.2) is 0 Å². The first-order chi connectivity index (χ1) is 16.3. The van der Waals surface area contributed by atoms with Gasteiger partial charge in [-0.2, -0.15) is 18.4 Å². The molecule has 0 radical (unpaired) electrons. The maximum Gasteiger partial charge on any atom is 0.416 e. The number of amides is 1. The van der Waals surface area contributed by atoms with Crippen LogP contribution in [0.1, 0.15) is 11.1 Å². The van der Waals surface area contributed by atoms with Crippen LogP contribution in [0.4, 0.5) is 18.9 Å². The summed E-state index contributed by atoms with van der Waals surface area (Å²) in [5, 5.41) is 22.0. The third-order valence-corrected chi connectivity index (χ3v) is 4.54. The second kappa shape index (κ2) is 10.9. The van der Waals surface area contributed by atoms with E-state index in [-0.39, 0.29) is 17.9 Å². The summed E-state index contributed by atoms with van der Waals surface area (Å²) in [6.07, 6.45) is -4.51. The molecule has 0 aliphatic carbocycles. The second-order valence-corrected chi connectivity index (χ2v) is 6.90. The molecule has 0 aliphatic heterocycles. The molecular formula is C25H19F3N2O4. The van der Waals surface area contributed by atoms with Gasteiger partial charge in [-0.1, -0.05) is 18.2 Å². The lowest BCUT2D eigenvalue weighted by atomic mass is 10.1. The molecule has 9 heteroatoms. The molecule has 0 unspecified atom stereocenters. The van der Waals surface area contributed by atoms with Gasteiger partial charge in [0.15, 0.2) is 5.57 Å². The van der Waals surface area contributed by atoms with Crippen molar-refractivity contribution in [2.45, 2.75) is 6.18 Å². The first-order valence-corrected chi connectivity index (χ1v) is 10.0. The van der Waals surface area contributed by atoms with Gasteiger partial charge in [0.25, 0.3) is 5.91 Å². The molecule has 0 aromatic heterocycles. The Kier molecular flexibility index (Phi) is 7.77. The Bertz CT molecular complexity index is 1180. The van der Waals surface area contributed by atoms with Gasteiger partial charge in [0.05, 0.1) is 5.56 Å². The Labute approximate surface area is 193 Å². The van der Waals surface area contributed by atoms with Gasteiger partial charge in [0.1, 0.15) is 36.5 Å². The van der Waals surface area contributed by atoms with Gasteiger partial charge in [0, 0.05) is 11.3 Å². The van der Waals surface area contributed by atoms with Crippen LogP contribution < -0.4 is 14.8 Å². The van der Waals surface area contributed by atoms with Gasteiger partial charge in [-0.15, -0.1) is 0 Å². The molecule has 1 amide bonds. The van der Waals surface area contributed by atoms with Crippen molar-refractivity contribution < 1.29 is 32.5 Å².